The van der Waals surface area contributed by atoms with Gasteiger partial charge in [0.2, 0.25) is 0 Å². The summed E-state index contributed by atoms with van der Waals surface area (Å²) in [4.78, 5) is 2.47. The SMILES string of the molecule is CC(C)OCCN1CCCC1. The van der Waals surface area contributed by atoms with Gasteiger partial charge in [-0.3, -0.25) is 0 Å². The second kappa shape index (κ2) is 4.73. The van der Waals surface area contributed by atoms with Crippen LogP contribution in [0.2, 0.25) is 0 Å². The van der Waals surface area contributed by atoms with Gasteiger partial charge in [0.15, 0.2) is 0 Å². The molecule has 1 heterocycles. The van der Waals surface area contributed by atoms with Crippen LogP contribution in [0.15, 0.2) is 0 Å². The van der Waals surface area contributed by atoms with E-state index in [0.717, 1.165) is 13.2 Å². The van der Waals surface area contributed by atoms with E-state index in [1.54, 1.807) is 0 Å². The number of rotatable bonds is 4. The van der Waals surface area contributed by atoms with E-state index in [0.29, 0.717) is 6.10 Å². The van der Waals surface area contributed by atoms with Gasteiger partial charge >= 0.3 is 0 Å². The highest BCUT2D eigenvalue weighted by molar-refractivity contribution is 4.65. The quantitative estimate of drug-likeness (QED) is 0.613. The normalized spacial score (nSPS) is 19.9. The van der Waals surface area contributed by atoms with E-state index in [2.05, 4.69) is 18.7 Å². The molecule has 0 spiro atoms. The van der Waals surface area contributed by atoms with Crippen LogP contribution in [0.1, 0.15) is 26.7 Å². The highest BCUT2D eigenvalue weighted by atomic mass is 16.5. The minimum atomic E-state index is 0.387. The standard InChI is InChI=1S/C9H19NO/c1-9(2)11-8-7-10-5-3-4-6-10/h9H,3-8H2,1-2H3. The van der Waals surface area contributed by atoms with Gasteiger partial charge in [0, 0.05) is 6.54 Å². The largest absolute Gasteiger partial charge is 0.377 e. The zero-order valence-electron chi connectivity index (χ0n) is 7.68. The van der Waals surface area contributed by atoms with Gasteiger partial charge in [0.05, 0.1) is 12.7 Å². The Morgan fingerprint density at radius 1 is 1.27 bits per heavy atom. The predicted molar refractivity (Wildman–Crippen MR) is 46.8 cm³/mol. The summed E-state index contributed by atoms with van der Waals surface area (Å²) < 4.78 is 5.46. The Balaban J connectivity index is 1.94. The molecule has 0 radical (unpaired) electrons. The molecule has 2 heteroatoms. The van der Waals surface area contributed by atoms with Crippen LogP contribution in [0.25, 0.3) is 0 Å². The van der Waals surface area contributed by atoms with Crippen molar-refractivity contribution in [2.75, 3.05) is 26.2 Å². The molecule has 0 N–H and O–H groups in total. The fourth-order valence-electron chi connectivity index (χ4n) is 1.42. The van der Waals surface area contributed by atoms with E-state index >= 15 is 0 Å². The third kappa shape index (κ3) is 3.73. The minimum absolute atomic E-state index is 0.387. The smallest absolute Gasteiger partial charge is 0.0596 e. The lowest BCUT2D eigenvalue weighted by Gasteiger charge is -2.15. The van der Waals surface area contributed by atoms with Crippen molar-refractivity contribution in [1.29, 1.82) is 0 Å². The van der Waals surface area contributed by atoms with Gasteiger partial charge < -0.3 is 9.64 Å². The molecule has 1 aliphatic rings. The van der Waals surface area contributed by atoms with Crippen molar-refractivity contribution in [3.63, 3.8) is 0 Å². The Kier molecular flexibility index (Phi) is 3.87. The van der Waals surface area contributed by atoms with Crippen LogP contribution in [0.5, 0.6) is 0 Å². The summed E-state index contributed by atoms with van der Waals surface area (Å²) in [6.45, 7) is 8.76. The van der Waals surface area contributed by atoms with Gasteiger partial charge in [-0.1, -0.05) is 0 Å². The van der Waals surface area contributed by atoms with Crippen molar-refractivity contribution < 1.29 is 4.74 Å². The second-order valence-corrected chi connectivity index (χ2v) is 3.47. The molecular weight excluding hydrogens is 138 g/mol. The van der Waals surface area contributed by atoms with Crippen molar-refractivity contribution >= 4 is 0 Å². The van der Waals surface area contributed by atoms with E-state index < -0.39 is 0 Å². The van der Waals surface area contributed by atoms with Crippen molar-refractivity contribution in [2.24, 2.45) is 0 Å². The summed E-state index contributed by atoms with van der Waals surface area (Å²) in [5, 5.41) is 0. The molecule has 0 unspecified atom stereocenters. The van der Waals surface area contributed by atoms with Gasteiger partial charge in [-0.05, 0) is 39.8 Å². The average molecular weight is 157 g/mol. The summed E-state index contributed by atoms with van der Waals surface area (Å²) in [5.74, 6) is 0. The molecule has 11 heavy (non-hydrogen) atoms. The van der Waals surface area contributed by atoms with Gasteiger partial charge in [0.1, 0.15) is 0 Å². The Morgan fingerprint density at radius 3 is 2.45 bits per heavy atom. The van der Waals surface area contributed by atoms with E-state index in [-0.39, 0.29) is 0 Å². The van der Waals surface area contributed by atoms with Gasteiger partial charge in [-0.2, -0.15) is 0 Å². The molecule has 0 bridgehead atoms. The molecule has 0 aromatic heterocycles. The van der Waals surface area contributed by atoms with E-state index in [1.165, 1.54) is 25.9 Å². The predicted octanol–water partition coefficient (Wildman–Crippen LogP) is 1.51. The van der Waals surface area contributed by atoms with E-state index in [4.69, 9.17) is 4.74 Å². The first kappa shape index (κ1) is 9.01. The monoisotopic (exact) mass is 157 g/mol. The molecule has 0 amide bonds. The van der Waals surface area contributed by atoms with Crippen molar-refractivity contribution in [2.45, 2.75) is 32.8 Å². The highest BCUT2D eigenvalue weighted by Crippen LogP contribution is 2.06. The van der Waals surface area contributed by atoms with Crippen LogP contribution in [0.4, 0.5) is 0 Å². The lowest BCUT2D eigenvalue weighted by atomic mass is 10.4. The number of hydrogen-bond acceptors (Lipinski definition) is 2. The highest BCUT2D eigenvalue weighted by Gasteiger charge is 2.10. The van der Waals surface area contributed by atoms with Crippen LogP contribution in [-0.2, 0) is 4.74 Å². The van der Waals surface area contributed by atoms with Crippen molar-refractivity contribution in [1.82, 2.24) is 4.90 Å². The van der Waals surface area contributed by atoms with Crippen molar-refractivity contribution in [3.8, 4) is 0 Å². The topological polar surface area (TPSA) is 12.5 Å². The first-order chi connectivity index (χ1) is 5.29. The van der Waals surface area contributed by atoms with E-state index in [9.17, 15) is 0 Å². The van der Waals surface area contributed by atoms with E-state index in [1.807, 2.05) is 0 Å². The van der Waals surface area contributed by atoms with Gasteiger partial charge in [-0.25, -0.2) is 0 Å². The molecule has 2 nitrogen and oxygen atoms in total. The zero-order chi connectivity index (χ0) is 8.10. The molecular formula is C9H19NO. The molecule has 0 aromatic rings. The number of hydrogen-bond donors (Lipinski definition) is 0. The summed E-state index contributed by atoms with van der Waals surface area (Å²) in [6.07, 6.45) is 3.14. The van der Waals surface area contributed by atoms with Crippen molar-refractivity contribution in [3.05, 3.63) is 0 Å². The number of ether oxygens (including phenoxy) is 1. The summed E-state index contributed by atoms with van der Waals surface area (Å²) in [7, 11) is 0. The fraction of sp³-hybridized carbons (Fsp3) is 1.00. The molecule has 1 aliphatic heterocycles. The maximum Gasteiger partial charge on any atom is 0.0596 e. The van der Waals surface area contributed by atoms with Gasteiger partial charge in [-0.15, -0.1) is 0 Å². The third-order valence-corrected chi connectivity index (χ3v) is 2.06. The third-order valence-electron chi connectivity index (χ3n) is 2.06. The molecule has 1 fully saturated rings. The molecule has 0 aromatic carbocycles. The zero-order valence-corrected chi connectivity index (χ0v) is 7.68. The maximum atomic E-state index is 5.46. The van der Waals surface area contributed by atoms with Crippen LogP contribution in [-0.4, -0.2) is 37.2 Å². The van der Waals surface area contributed by atoms with Crippen LogP contribution >= 0.6 is 0 Å². The average Bonchev–Trinajstić information content (AvgIpc) is 2.39. The van der Waals surface area contributed by atoms with Crippen LogP contribution in [0, 0.1) is 0 Å². The molecule has 0 atom stereocenters. The number of nitrogens with zero attached hydrogens (tertiary/aromatic N) is 1. The Labute approximate surface area is 69.5 Å². The Morgan fingerprint density at radius 2 is 1.91 bits per heavy atom. The first-order valence-electron chi connectivity index (χ1n) is 4.63. The summed E-state index contributed by atoms with van der Waals surface area (Å²) >= 11 is 0. The fourth-order valence-corrected chi connectivity index (χ4v) is 1.42. The molecule has 0 saturated carbocycles. The minimum Gasteiger partial charge on any atom is -0.377 e. The second-order valence-electron chi connectivity index (χ2n) is 3.47. The summed E-state index contributed by atoms with van der Waals surface area (Å²) in [6, 6.07) is 0. The van der Waals surface area contributed by atoms with Gasteiger partial charge in [0.25, 0.3) is 0 Å². The number of likely N-dealkylation sites (tertiary alicyclic amines) is 1. The lowest BCUT2D eigenvalue weighted by Crippen LogP contribution is -2.25. The van der Waals surface area contributed by atoms with Crippen LogP contribution in [0.3, 0.4) is 0 Å². The Bertz CT molecular complexity index is 97.7. The Hall–Kier alpha value is -0.0800. The maximum absolute atomic E-state index is 5.46. The van der Waals surface area contributed by atoms with Crippen LogP contribution < -0.4 is 0 Å². The molecule has 66 valence electrons. The molecule has 0 aliphatic carbocycles. The summed E-state index contributed by atoms with van der Waals surface area (Å²) in [5.41, 5.74) is 0. The molecule has 1 saturated heterocycles. The molecule has 1 rings (SSSR count). The lowest BCUT2D eigenvalue weighted by molar-refractivity contribution is 0.0635. The first-order valence-corrected chi connectivity index (χ1v) is 4.63.